The molecule has 0 aromatic carbocycles. The first kappa shape index (κ1) is 6.03. The lowest BCUT2D eigenvalue weighted by molar-refractivity contribution is 0.229. The predicted molar refractivity (Wildman–Crippen MR) is 41.1 cm³/mol. The highest BCUT2D eigenvalue weighted by molar-refractivity contribution is 5.92. The summed E-state index contributed by atoms with van der Waals surface area (Å²) >= 11 is 0. The van der Waals surface area contributed by atoms with Crippen LogP contribution in [0, 0.1) is 0 Å². The van der Waals surface area contributed by atoms with E-state index >= 15 is 0 Å². The first-order valence-electron chi connectivity index (χ1n) is 3.22. The van der Waals surface area contributed by atoms with Crippen LogP contribution in [-0.4, -0.2) is 5.84 Å². The zero-order valence-electron chi connectivity index (χ0n) is 5.74. The van der Waals surface area contributed by atoms with Crippen LogP contribution in [0.1, 0.15) is 0 Å². The molecule has 0 aromatic heterocycles. The third-order valence-corrected chi connectivity index (χ3v) is 1.39. The van der Waals surface area contributed by atoms with E-state index < -0.39 is 0 Å². The van der Waals surface area contributed by atoms with Crippen LogP contribution in [0.5, 0.6) is 0 Å². The third-order valence-electron chi connectivity index (χ3n) is 1.39. The minimum atomic E-state index is 0.375. The fraction of sp³-hybridized carbons (Fsp3) is 0. The molecule has 0 unspecified atom stereocenters. The number of amidine groups is 1. The van der Waals surface area contributed by atoms with Gasteiger partial charge in [0.15, 0.2) is 11.6 Å². The summed E-state index contributed by atoms with van der Waals surface area (Å²) in [7, 11) is 0. The minimum absolute atomic E-state index is 0.375. The van der Waals surface area contributed by atoms with Crippen molar-refractivity contribution in [2.75, 3.05) is 0 Å². The van der Waals surface area contributed by atoms with Crippen molar-refractivity contribution < 1.29 is 4.84 Å². The molecule has 2 rings (SSSR count). The van der Waals surface area contributed by atoms with E-state index in [1.54, 1.807) is 12.3 Å². The summed E-state index contributed by atoms with van der Waals surface area (Å²) in [5.74, 6) is 1.07. The van der Waals surface area contributed by atoms with Crippen molar-refractivity contribution >= 4 is 5.84 Å². The second-order valence-electron chi connectivity index (χ2n) is 2.20. The van der Waals surface area contributed by atoms with Crippen molar-refractivity contribution in [2.45, 2.75) is 0 Å². The van der Waals surface area contributed by atoms with E-state index in [9.17, 15) is 0 Å². The van der Waals surface area contributed by atoms with Gasteiger partial charge < -0.3 is 15.9 Å². The standard InChI is InChI=1S/C7H7N3O/c8-7-4-5-6(11-10-7)2-1-3-9-5/h1-4,9H,(H2,8,10). The first-order chi connectivity index (χ1) is 5.36. The van der Waals surface area contributed by atoms with Gasteiger partial charge in [-0.3, -0.25) is 0 Å². The van der Waals surface area contributed by atoms with Crippen molar-refractivity contribution in [3.63, 3.8) is 0 Å². The highest BCUT2D eigenvalue weighted by atomic mass is 16.6. The van der Waals surface area contributed by atoms with Gasteiger partial charge in [0, 0.05) is 12.3 Å². The number of allylic oxidation sites excluding steroid dienone is 2. The monoisotopic (exact) mass is 149 g/mol. The lowest BCUT2D eigenvalue weighted by atomic mass is 10.2. The summed E-state index contributed by atoms with van der Waals surface area (Å²) in [6.45, 7) is 0. The maximum atomic E-state index is 5.40. The Morgan fingerprint density at radius 1 is 1.55 bits per heavy atom. The Morgan fingerprint density at radius 2 is 2.45 bits per heavy atom. The van der Waals surface area contributed by atoms with Gasteiger partial charge in [0.2, 0.25) is 0 Å². The van der Waals surface area contributed by atoms with E-state index in [0.717, 1.165) is 5.70 Å². The van der Waals surface area contributed by atoms with Crippen LogP contribution in [0.15, 0.2) is 41.0 Å². The molecular weight excluding hydrogens is 142 g/mol. The zero-order chi connectivity index (χ0) is 7.68. The number of rotatable bonds is 0. The Balaban J connectivity index is 2.36. The maximum absolute atomic E-state index is 5.40. The molecule has 2 aliphatic rings. The van der Waals surface area contributed by atoms with Crippen LogP contribution in [0.4, 0.5) is 0 Å². The lowest BCUT2D eigenvalue weighted by Crippen LogP contribution is -2.21. The molecule has 0 spiro atoms. The SMILES string of the molecule is NC1=NOC2=CC=CNC2=C1. The van der Waals surface area contributed by atoms with Gasteiger partial charge in [-0.25, -0.2) is 0 Å². The summed E-state index contributed by atoms with van der Waals surface area (Å²) in [6.07, 6.45) is 7.18. The summed E-state index contributed by atoms with van der Waals surface area (Å²) in [4.78, 5) is 4.94. The Kier molecular flexibility index (Phi) is 1.18. The number of dihydropyridines is 1. The number of nitrogens with zero attached hydrogens (tertiary/aromatic N) is 1. The molecule has 0 saturated heterocycles. The van der Waals surface area contributed by atoms with Crippen LogP contribution < -0.4 is 11.1 Å². The van der Waals surface area contributed by atoms with Crippen LogP contribution >= 0.6 is 0 Å². The first-order valence-corrected chi connectivity index (χ1v) is 3.22. The largest absolute Gasteiger partial charge is 0.381 e. The number of fused-ring (bicyclic) bond motifs is 1. The Morgan fingerprint density at radius 3 is 3.36 bits per heavy atom. The van der Waals surface area contributed by atoms with Crippen LogP contribution in [0.3, 0.4) is 0 Å². The second-order valence-corrected chi connectivity index (χ2v) is 2.20. The molecule has 3 N–H and O–H groups in total. The molecule has 4 heteroatoms. The van der Waals surface area contributed by atoms with E-state index in [1.807, 2.05) is 12.2 Å². The number of hydrogen-bond acceptors (Lipinski definition) is 4. The molecule has 0 saturated carbocycles. The molecule has 0 radical (unpaired) electrons. The molecule has 4 nitrogen and oxygen atoms in total. The van der Waals surface area contributed by atoms with Gasteiger partial charge in [-0.2, -0.15) is 0 Å². The second kappa shape index (κ2) is 2.16. The summed E-state index contributed by atoms with van der Waals surface area (Å²) in [6, 6.07) is 0. The highest BCUT2D eigenvalue weighted by Gasteiger charge is 2.12. The summed E-state index contributed by atoms with van der Waals surface area (Å²) < 4.78 is 0. The fourth-order valence-corrected chi connectivity index (χ4v) is 0.903. The Hall–Kier alpha value is -1.71. The molecule has 0 atom stereocenters. The van der Waals surface area contributed by atoms with Crippen LogP contribution in [-0.2, 0) is 4.84 Å². The molecule has 2 aliphatic heterocycles. The lowest BCUT2D eigenvalue weighted by Gasteiger charge is -2.15. The third kappa shape index (κ3) is 0.980. The van der Waals surface area contributed by atoms with Gasteiger partial charge in [-0.1, -0.05) is 5.16 Å². The fourth-order valence-electron chi connectivity index (χ4n) is 0.903. The van der Waals surface area contributed by atoms with E-state index in [4.69, 9.17) is 10.6 Å². The average molecular weight is 149 g/mol. The molecule has 0 fully saturated rings. The van der Waals surface area contributed by atoms with Crippen molar-refractivity contribution in [1.29, 1.82) is 0 Å². The molecule has 0 aliphatic carbocycles. The molecular formula is C7H7N3O. The quantitative estimate of drug-likeness (QED) is 0.516. The van der Waals surface area contributed by atoms with Crippen LogP contribution in [0.2, 0.25) is 0 Å². The van der Waals surface area contributed by atoms with Crippen molar-refractivity contribution in [3.8, 4) is 0 Å². The molecule has 0 bridgehead atoms. The summed E-state index contributed by atoms with van der Waals surface area (Å²) in [5, 5.41) is 6.57. The van der Waals surface area contributed by atoms with Crippen LogP contribution in [0.25, 0.3) is 0 Å². The smallest absolute Gasteiger partial charge is 0.181 e. The van der Waals surface area contributed by atoms with Crippen molar-refractivity contribution in [3.05, 3.63) is 35.9 Å². The van der Waals surface area contributed by atoms with E-state index in [2.05, 4.69) is 10.5 Å². The number of hydrogen-bond donors (Lipinski definition) is 2. The Bertz CT molecular complexity index is 299. The van der Waals surface area contributed by atoms with Gasteiger partial charge in [0.25, 0.3) is 0 Å². The van der Waals surface area contributed by atoms with Crippen molar-refractivity contribution in [2.24, 2.45) is 10.9 Å². The van der Waals surface area contributed by atoms with E-state index in [0.29, 0.717) is 11.6 Å². The summed E-state index contributed by atoms with van der Waals surface area (Å²) in [5.41, 5.74) is 6.25. The van der Waals surface area contributed by atoms with Gasteiger partial charge in [0.05, 0.1) is 5.70 Å². The topological polar surface area (TPSA) is 59.6 Å². The molecule has 2 heterocycles. The zero-order valence-corrected chi connectivity index (χ0v) is 5.74. The molecule has 0 amide bonds. The highest BCUT2D eigenvalue weighted by Crippen LogP contribution is 2.15. The molecule has 11 heavy (non-hydrogen) atoms. The minimum Gasteiger partial charge on any atom is -0.381 e. The van der Waals surface area contributed by atoms with Gasteiger partial charge in [-0.15, -0.1) is 0 Å². The van der Waals surface area contributed by atoms with Gasteiger partial charge >= 0.3 is 0 Å². The van der Waals surface area contributed by atoms with Gasteiger partial charge in [-0.05, 0) is 12.2 Å². The average Bonchev–Trinajstić information content (AvgIpc) is 2.04. The number of nitrogens with one attached hydrogen (secondary N) is 1. The number of nitrogens with two attached hydrogens (primary N) is 1. The van der Waals surface area contributed by atoms with E-state index in [1.165, 1.54) is 0 Å². The number of oxime groups is 1. The predicted octanol–water partition coefficient (Wildman–Crippen LogP) is 0.174. The normalized spacial score (nSPS) is 20.2. The maximum Gasteiger partial charge on any atom is 0.181 e. The van der Waals surface area contributed by atoms with Crippen molar-refractivity contribution in [1.82, 2.24) is 5.32 Å². The van der Waals surface area contributed by atoms with E-state index in [-0.39, 0.29) is 0 Å². The molecule has 56 valence electrons. The van der Waals surface area contributed by atoms with Gasteiger partial charge in [0.1, 0.15) is 0 Å². The Labute approximate surface area is 63.7 Å². The molecule has 0 aromatic rings.